The summed E-state index contributed by atoms with van der Waals surface area (Å²) in [6.45, 7) is 1.39. The van der Waals surface area contributed by atoms with Crippen LogP contribution in [0.25, 0.3) is 0 Å². The number of hydrogen-bond donors (Lipinski definition) is 3. The summed E-state index contributed by atoms with van der Waals surface area (Å²) in [7, 11) is 6.27. The lowest BCUT2D eigenvalue weighted by Gasteiger charge is -2.19. The van der Waals surface area contributed by atoms with Gasteiger partial charge < -0.3 is 39.8 Å². The molecule has 3 aromatic rings. The van der Waals surface area contributed by atoms with Crippen LogP contribution < -0.4 is 39.8 Å². The van der Waals surface area contributed by atoms with Crippen LogP contribution in [0, 0.1) is 0 Å². The molecule has 190 valence electrons. The lowest BCUT2D eigenvalue weighted by molar-refractivity contribution is 0.249. The van der Waals surface area contributed by atoms with Crippen molar-refractivity contribution in [2.75, 3.05) is 57.1 Å². The molecule has 0 radical (unpaired) electrons. The van der Waals surface area contributed by atoms with Crippen molar-refractivity contribution in [3.05, 3.63) is 48.7 Å². The van der Waals surface area contributed by atoms with Gasteiger partial charge >= 0.3 is 6.03 Å². The highest BCUT2D eigenvalue weighted by atomic mass is 16.5. The van der Waals surface area contributed by atoms with E-state index in [9.17, 15) is 4.79 Å². The first-order valence-electron chi connectivity index (χ1n) is 11.4. The van der Waals surface area contributed by atoms with E-state index in [0.717, 1.165) is 18.8 Å². The Morgan fingerprint density at radius 1 is 0.972 bits per heavy atom. The third kappa shape index (κ3) is 5.80. The molecule has 1 saturated heterocycles. The number of methoxy groups -OCH3 is 4. The van der Waals surface area contributed by atoms with Gasteiger partial charge in [0.15, 0.2) is 11.5 Å². The number of rotatable bonds is 9. The van der Waals surface area contributed by atoms with E-state index in [1.807, 2.05) is 24.3 Å². The molecule has 1 fully saturated rings. The van der Waals surface area contributed by atoms with Crippen LogP contribution >= 0.6 is 0 Å². The zero-order valence-electron chi connectivity index (χ0n) is 20.7. The number of carbonyl (C=O) groups is 1. The molecule has 1 aliphatic rings. The zero-order valence-corrected chi connectivity index (χ0v) is 20.7. The van der Waals surface area contributed by atoms with Gasteiger partial charge in [0.25, 0.3) is 0 Å². The minimum Gasteiger partial charge on any atom is -0.497 e. The number of nitrogens with one attached hydrogen (secondary N) is 3. The molecule has 1 unspecified atom stereocenters. The fourth-order valence-corrected chi connectivity index (χ4v) is 4.01. The number of carbonyl (C=O) groups excluding carboxylic acids is 1. The highest BCUT2D eigenvalue weighted by Gasteiger charge is 2.25. The standard InChI is InChI=1S/C25H30N6O5/c1-33-19-7-5-6-16(12-19)28-25(32)29-17-9-11-31(15-17)22-8-10-26-24(30-22)27-18-13-20(34-2)23(36-4)21(14-18)35-3/h5-8,10,12-14,17H,9,11,15H2,1-4H3,(H,26,27,30)(H2,28,29,32). The number of nitrogens with zero attached hydrogens (tertiary/aromatic N) is 3. The Morgan fingerprint density at radius 3 is 2.44 bits per heavy atom. The molecular formula is C25H30N6O5. The van der Waals surface area contributed by atoms with Gasteiger partial charge in [-0.2, -0.15) is 4.98 Å². The molecule has 1 aliphatic heterocycles. The molecule has 3 N–H and O–H groups in total. The van der Waals surface area contributed by atoms with E-state index in [0.29, 0.717) is 46.9 Å². The van der Waals surface area contributed by atoms with Crippen molar-refractivity contribution >= 4 is 29.2 Å². The van der Waals surface area contributed by atoms with Crippen LogP contribution in [0.4, 0.5) is 27.9 Å². The van der Waals surface area contributed by atoms with E-state index < -0.39 is 0 Å². The van der Waals surface area contributed by atoms with Crippen LogP contribution in [0.2, 0.25) is 0 Å². The molecule has 0 saturated carbocycles. The van der Waals surface area contributed by atoms with Gasteiger partial charge in [-0.1, -0.05) is 6.07 Å². The van der Waals surface area contributed by atoms with Crippen LogP contribution in [-0.4, -0.2) is 63.6 Å². The van der Waals surface area contributed by atoms with Crippen LogP contribution in [0.5, 0.6) is 23.0 Å². The third-order valence-corrected chi connectivity index (χ3v) is 5.74. The van der Waals surface area contributed by atoms with Gasteiger partial charge in [-0.3, -0.25) is 0 Å². The maximum absolute atomic E-state index is 12.5. The minimum absolute atomic E-state index is 0.0166. The monoisotopic (exact) mass is 494 g/mol. The number of hydrogen-bond acceptors (Lipinski definition) is 9. The molecule has 0 spiro atoms. The van der Waals surface area contributed by atoms with Crippen molar-refractivity contribution in [2.45, 2.75) is 12.5 Å². The lowest BCUT2D eigenvalue weighted by atomic mass is 10.2. The molecule has 1 atom stereocenters. The van der Waals surface area contributed by atoms with Gasteiger partial charge in [-0.25, -0.2) is 9.78 Å². The Bertz CT molecular complexity index is 1180. The second-order valence-electron chi connectivity index (χ2n) is 8.04. The average molecular weight is 495 g/mol. The van der Waals surface area contributed by atoms with Crippen molar-refractivity contribution in [1.29, 1.82) is 0 Å². The smallest absolute Gasteiger partial charge is 0.319 e. The maximum Gasteiger partial charge on any atom is 0.319 e. The Labute approximate surface area is 209 Å². The van der Waals surface area contributed by atoms with Crippen LogP contribution in [0.1, 0.15) is 6.42 Å². The van der Waals surface area contributed by atoms with Gasteiger partial charge in [0.2, 0.25) is 11.7 Å². The van der Waals surface area contributed by atoms with Crippen molar-refractivity contribution in [1.82, 2.24) is 15.3 Å². The van der Waals surface area contributed by atoms with Crippen molar-refractivity contribution in [2.24, 2.45) is 0 Å². The predicted molar refractivity (Wildman–Crippen MR) is 137 cm³/mol. The number of aromatic nitrogens is 2. The summed E-state index contributed by atoms with van der Waals surface area (Å²) in [6.07, 6.45) is 2.49. The highest BCUT2D eigenvalue weighted by molar-refractivity contribution is 5.89. The summed E-state index contributed by atoms with van der Waals surface area (Å²) in [5, 5.41) is 9.07. The minimum atomic E-state index is -0.262. The molecule has 11 heteroatoms. The predicted octanol–water partition coefficient (Wildman–Crippen LogP) is 3.66. The van der Waals surface area contributed by atoms with Gasteiger partial charge in [-0.15, -0.1) is 0 Å². The number of benzene rings is 2. The van der Waals surface area contributed by atoms with E-state index >= 15 is 0 Å². The van der Waals surface area contributed by atoms with Gasteiger partial charge in [0, 0.05) is 54.9 Å². The molecule has 2 aromatic carbocycles. The second-order valence-corrected chi connectivity index (χ2v) is 8.04. The molecular weight excluding hydrogens is 464 g/mol. The normalized spacial score (nSPS) is 14.7. The van der Waals surface area contributed by atoms with Gasteiger partial charge in [-0.05, 0) is 24.6 Å². The number of ether oxygens (including phenoxy) is 4. The average Bonchev–Trinajstić information content (AvgIpc) is 3.36. The van der Waals surface area contributed by atoms with E-state index in [1.165, 1.54) is 0 Å². The highest BCUT2D eigenvalue weighted by Crippen LogP contribution is 2.40. The van der Waals surface area contributed by atoms with E-state index in [-0.39, 0.29) is 12.1 Å². The first-order valence-corrected chi connectivity index (χ1v) is 11.4. The third-order valence-electron chi connectivity index (χ3n) is 5.74. The Hall–Kier alpha value is -4.41. The number of amides is 2. The molecule has 0 bridgehead atoms. The largest absolute Gasteiger partial charge is 0.497 e. The molecule has 2 amide bonds. The van der Waals surface area contributed by atoms with E-state index in [2.05, 4.69) is 30.8 Å². The van der Waals surface area contributed by atoms with Crippen LogP contribution in [-0.2, 0) is 0 Å². The summed E-state index contributed by atoms with van der Waals surface area (Å²) in [6, 6.07) is 12.4. The number of anilines is 4. The Morgan fingerprint density at radius 2 is 1.75 bits per heavy atom. The van der Waals surface area contributed by atoms with Crippen molar-refractivity contribution in [3.8, 4) is 23.0 Å². The quantitative estimate of drug-likeness (QED) is 0.409. The summed E-state index contributed by atoms with van der Waals surface area (Å²) in [5.74, 6) is 3.42. The summed E-state index contributed by atoms with van der Waals surface area (Å²) in [4.78, 5) is 23.6. The van der Waals surface area contributed by atoms with Crippen LogP contribution in [0.3, 0.4) is 0 Å². The lowest BCUT2D eigenvalue weighted by Crippen LogP contribution is -2.39. The molecule has 2 heterocycles. The first kappa shape index (κ1) is 24.7. The van der Waals surface area contributed by atoms with E-state index in [4.69, 9.17) is 18.9 Å². The fraction of sp³-hybridized carbons (Fsp3) is 0.320. The SMILES string of the molecule is COc1cccc(NC(=O)NC2CCN(c3ccnc(Nc4cc(OC)c(OC)c(OC)c4)n3)C2)c1. The Balaban J connectivity index is 1.38. The summed E-state index contributed by atoms with van der Waals surface area (Å²) < 4.78 is 21.4. The molecule has 36 heavy (non-hydrogen) atoms. The van der Waals surface area contributed by atoms with E-state index in [1.54, 1.807) is 52.8 Å². The zero-order chi connectivity index (χ0) is 25.5. The van der Waals surface area contributed by atoms with Crippen molar-refractivity contribution in [3.63, 3.8) is 0 Å². The molecule has 11 nitrogen and oxygen atoms in total. The first-order chi connectivity index (χ1) is 17.5. The van der Waals surface area contributed by atoms with Gasteiger partial charge in [0.05, 0.1) is 28.4 Å². The van der Waals surface area contributed by atoms with Gasteiger partial charge in [0.1, 0.15) is 11.6 Å². The Kier molecular flexibility index (Phi) is 7.79. The molecule has 1 aromatic heterocycles. The topological polar surface area (TPSA) is 119 Å². The summed E-state index contributed by atoms with van der Waals surface area (Å²) >= 11 is 0. The van der Waals surface area contributed by atoms with Crippen molar-refractivity contribution < 1.29 is 23.7 Å². The molecule has 0 aliphatic carbocycles. The fourth-order valence-electron chi connectivity index (χ4n) is 4.01. The summed E-state index contributed by atoms with van der Waals surface area (Å²) in [5.41, 5.74) is 1.36. The molecule has 4 rings (SSSR count). The van der Waals surface area contributed by atoms with Crippen LogP contribution in [0.15, 0.2) is 48.7 Å². The second kappa shape index (κ2) is 11.3. The maximum atomic E-state index is 12.5. The number of urea groups is 1.